The number of benzene rings is 1. The molecule has 10 heteroatoms. The molecule has 144 valence electrons. The molecule has 0 aliphatic carbocycles. The molecule has 0 N–H and O–H groups in total. The number of methoxy groups -OCH3 is 2. The number of hydrogen-bond acceptors (Lipinski definition) is 5. The standard InChI is InChI=1S/C16H19ClF3N3O3/c1-24-7-8-26-10-14-21-15(22-23(14)6-5-16(18,19)20)11-3-4-13(25-2)12(17)9-11/h3-4,9H,5-8,10H2,1-2H3. The monoisotopic (exact) mass is 393 g/mol. The highest BCUT2D eigenvalue weighted by molar-refractivity contribution is 6.32. The molecule has 0 atom stereocenters. The Morgan fingerprint density at radius 2 is 1.96 bits per heavy atom. The summed E-state index contributed by atoms with van der Waals surface area (Å²) in [5, 5.41) is 4.53. The molecule has 0 fully saturated rings. The molecule has 0 unspecified atom stereocenters. The Hall–Kier alpha value is -1.84. The number of hydrogen-bond donors (Lipinski definition) is 0. The van der Waals surface area contributed by atoms with E-state index in [1.165, 1.54) is 18.9 Å². The SMILES string of the molecule is COCCOCc1nc(-c2ccc(OC)c(Cl)c2)nn1CCC(F)(F)F. The minimum absolute atomic E-state index is 0.0259. The van der Waals surface area contributed by atoms with Gasteiger partial charge in [-0.1, -0.05) is 11.6 Å². The second kappa shape index (κ2) is 9.20. The van der Waals surface area contributed by atoms with Crippen LogP contribution in [-0.2, 0) is 22.6 Å². The summed E-state index contributed by atoms with van der Waals surface area (Å²) < 4.78 is 54.2. The van der Waals surface area contributed by atoms with Gasteiger partial charge in [0.15, 0.2) is 11.6 Å². The molecule has 1 aromatic heterocycles. The van der Waals surface area contributed by atoms with Crippen LogP contribution in [0.5, 0.6) is 5.75 Å². The number of halogens is 4. The molecule has 1 aromatic carbocycles. The second-order valence-electron chi connectivity index (χ2n) is 5.33. The first-order valence-electron chi connectivity index (χ1n) is 7.75. The Bertz CT molecular complexity index is 722. The maximum absolute atomic E-state index is 12.6. The Morgan fingerprint density at radius 3 is 2.58 bits per heavy atom. The average molecular weight is 394 g/mol. The first kappa shape index (κ1) is 20.5. The van der Waals surface area contributed by atoms with Gasteiger partial charge < -0.3 is 14.2 Å². The first-order chi connectivity index (χ1) is 12.3. The van der Waals surface area contributed by atoms with Crippen LogP contribution in [0.25, 0.3) is 11.4 Å². The summed E-state index contributed by atoms with van der Waals surface area (Å²) in [7, 11) is 3.02. The van der Waals surface area contributed by atoms with E-state index < -0.39 is 12.6 Å². The Morgan fingerprint density at radius 1 is 1.19 bits per heavy atom. The lowest BCUT2D eigenvalue weighted by molar-refractivity contribution is -0.137. The first-order valence-corrected chi connectivity index (χ1v) is 8.13. The Kier molecular flexibility index (Phi) is 7.24. The third-order valence-electron chi connectivity index (χ3n) is 3.43. The van der Waals surface area contributed by atoms with E-state index in [9.17, 15) is 13.2 Å². The predicted octanol–water partition coefficient (Wildman–Crippen LogP) is 3.72. The highest BCUT2D eigenvalue weighted by Crippen LogP contribution is 2.29. The van der Waals surface area contributed by atoms with Crippen molar-refractivity contribution in [1.82, 2.24) is 14.8 Å². The van der Waals surface area contributed by atoms with Gasteiger partial charge >= 0.3 is 6.18 Å². The van der Waals surface area contributed by atoms with E-state index in [0.717, 1.165) is 0 Å². The molecule has 2 aromatic rings. The van der Waals surface area contributed by atoms with Crippen LogP contribution in [0.1, 0.15) is 12.2 Å². The minimum atomic E-state index is -4.29. The van der Waals surface area contributed by atoms with Gasteiger partial charge in [0.2, 0.25) is 0 Å². The molecule has 0 amide bonds. The number of aryl methyl sites for hydroxylation is 1. The van der Waals surface area contributed by atoms with E-state index in [4.69, 9.17) is 25.8 Å². The van der Waals surface area contributed by atoms with Crippen LogP contribution in [0.3, 0.4) is 0 Å². The van der Waals surface area contributed by atoms with Crippen molar-refractivity contribution in [3.05, 3.63) is 29.0 Å². The quantitative estimate of drug-likeness (QED) is 0.608. The summed E-state index contributed by atoms with van der Waals surface area (Å²) in [4.78, 5) is 4.29. The molecule has 26 heavy (non-hydrogen) atoms. The highest BCUT2D eigenvalue weighted by atomic mass is 35.5. The van der Waals surface area contributed by atoms with Gasteiger partial charge in [0.05, 0.1) is 38.3 Å². The van der Waals surface area contributed by atoms with Gasteiger partial charge in [0.1, 0.15) is 12.4 Å². The van der Waals surface area contributed by atoms with Crippen LogP contribution < -0.4 is 4.74 Å². The van der Waals surface area contributed by atoms with Gasteiger partial charge in [-0.3, -0.25) is 0 Å². The van der Waals surface area contributed by atoms with Gasteiger partial charge in [-0.2, -0.15) is 18.3 Å². The molecule has 0 saturated heterocycles. The molecular formula is C16H19ClF3N3O3. The summed E-state index contributed by atoms with van der Waals surface area (Å²) in [6.07, 6.45) is -5.30. The Labute approximate surface area is 153 Å². The zero-order valence-corrected chi connectivity index (χ0v) is 15.1. The fraction of sp³-hybridized carbons (Fsp3) is 0.500. The van der Waals surface area contributed by atoms with Gasteiger partial charge in [-0.25, -0.2) is 9.67 Å². The van der Waals surface area contributed by atoms with E-state index >= 15 is 0 Å². The smallest absolute Gasteiger partial charge is 0.390 e. The summed E-state index contributed by atoms with van der Waals surface area (Å²) in [5.74, 6) is 1.05. The number of ether oxygens (including phenoxy) is 3. The lowest BCUT2D eigenvalue weighted by Crippen LogP contribution is -2.15. The molecule has 0 aliphatic heterocycles. The van der Waals surface area contributed by atoms with Crippen LogP contribution in [0.4, 0.5) is 13.2 Å². The van der Waals surface area contributed by atoms with Crippen molar-refractivity contribution in [3.8, 4) is 17.1 Å². The van der Waals surface area contributed by atoms with Crippen LogP contribution in [-0.4, -0.2) is 48.4 Å². The Balaban J connectivity index is 2.23. The number of alkyl halides is 3. The van der Waals surface area contributed by atoms with Crippen molar-refractivity contribution in [2.45, 2.75) is 25.7 Å². The third-order valence-corrected chi connectivity index (χ3v) is 3.72. The molecule has 0 spiro atoms. The molecule has 6 nitrogen and oxygen atoms in total. The van der Waals surface area contributed by atoms with Crippen LogP contribution in [0, 0.1) is 0 Å². The van der Waals surface area contributed by atoms with E-state index in [-0.39, 0.29) is 19.0 Å². The predicted molar refractivity (Wildman–Crippen MR) is 89.2 cm³/mol. The molecule has 0 saturated carbocycles. The summed E-state index contributed by atoms with van der Waals surface area (Å²) in [6, 6.07) is 4.92. The molecule has 0 aliphatic rings. The van der Waals surface area contributed by atoms with Gasteiger partial charge in [-0.15, -0.1) is 0 Å². The van der Waals surface area contributed by atoms with E-state index in [0.29, 0.717) is 35.4 Å². The van der Waals surface area contributed by atoms with Gasteiger partial charge in [0, 0.05) is 12.7 Å². The minimum Gasteiger partial charge on any atom is -0.495 e. The van der Waals surface area contributed by atoms with Crippen LogP contribution in [0.15, 0.2) is 18.2 Å². The molecule has 0 radical (unpaired) electrons. The zero-order chi connectivity index (χ0) is 19.2. The van der Waals surface area contributed by atoms with Gasteiger partial charge in [-0.05, 0) is 18.2 Å². The van der Waals surface area contributed by atoms with Crippen molar-refractivity contribution in [1.29, 1.82) is 0 Å². The fourth-order valence-electron chi connectivity index (χ4n) is 2.13. The normalized spacial score (nSPS) is 11.8. The second-order valence-corrected chi connectivity index (χ2v) is 5.74. The number of rotatable bonds is 9. The van der Waals surface area contributed by atoms with Crippen molar-refractivity contribution in [2.24, 2.45) is 0 Å². The van der Waals surface area contributed by atoms with E-state index in [1.54, 1.807) is 18.2 Å². The fourth-order valence-corrected chi connectivity index (χ4v) is 2.38. The van der Waals surface area contributed by atoms with Crippen LogP contribution in [0.2, 0.25) is 5.02 Å². The third kappa shape index (κ3) is 5.86. The lowest BCUT2D eigenvalue weighted by Gasteiger charge is -2.08. The molecule has 2 rings (SSSR count). The zero-order valence-electron chi connectivity index (χ0n) is 14.3. The lowest BCUT2D eigenvalue weighted by atomic mass is 10.2. The number of aromatic nitrogens is 3. The van der Waals surface area contributed by atoms with Crippen molar-refractivity contribution in [2.75, 3.05) is 27.4 Å². The maximum Gasteiger partial charge on any atom is 0.390 e. The van der Waals surface area contributed by atoms with E-state index in [2.05, 4.69) is 10.1 Å². The average Bonchev–Trinajstić information content (AvgIpc) is 2.99. The van der Waals surface area contributed by atoms with E-state index in [1.807, 2.05) is 0 Å². The maximum atomic E-state index is 12.6. The van der Waals surface area contributed by atoms with Crippen LogP contribution >= 0.6 is 11.6 Å². The molecular weight excluding hydrogens is 375 g/mol. The van der Waals surface area contributed by atoms with Gasteiger partial charge in [0.25, 0.3) is 0 Å². The van der Waals surface area contributed by atoms with Crippen molar-refractivity contribution in [3.63, 3.8) is 0 Å². The summed E-state index contributed by atoms with van der Waals surface area (Å²) in [6.45, 7) is 0.353. The summed E-state index contributed by atoms with van der Waals surface area (Å²) in [5.41, 5.74) is 0.569. The van der Waals surface area contributed by atoms with Crippen molar-refractivity contribution >= 4 is 11.6 Å². The summed E-state index contributed by atoms with van der Waals surface area (Å²) >= 11 is 6.09. The molecule has 0 bridgehead atoms. The number of nitrogens with zero attached hydrogens (tertiary/aromatic N) is 3. The highest BCUT2D eigenvalue weighted by Gasteiger charge is 2.27. The largest absolute Gasteiger partial charge is 0.495 e. The molecule has 1 heterocycles. The van der Waals surface area contributed by atoms with Crippen molar-refractivity contribution < 1.29 is 27.4 Å². The topological polar surface area (TPSA) is 58.4 Å².